The number of nitrogens with one attached hydrogen (secondary N) is 2. The third-order valence-electron chi connectivity index (χ3n) is 3.78. The van der Waals surface area contributed by atoms with Crippen molar-refractivity contribution in [2.75, 3.05) is 0 Å². The van der Waals surface area contributed by atoms with Crippen LogP contribution in [0.2, 0.25) is 0 Å². The summed E-state index contributed by atoms with van der Waals surface area (Å²) >= 11 is 0. The molecule has 0 aliphatic rings. The van der Waals surface area contributed by atoms with E-state index in [1.54, 1.807) is 31.2 Å². The zero-order valence-electron chi connectivity index (χ0n) is 13.8. The quantitative estimate of drug-likeness (QED) is 0.694. The standard InChI is InChI=1S/C18H15FN4O3/c1-11-12-6-2-3-7-13(12)18(26)23(22-11)10-16(24)20-21-17(25)14-8-4-5-9-15(14)19/h2-9H,10H2,1H3,(H,20,24)(H,21,25). The first-order valence-electron chi connectivity index (χ1n) is 7.77. The van der Waals surface area contributed by atoms with Crippen molar-refractivity contribution in [3.8, 4) is 0 Å². The Morgan fingerprint density at radius 2 is 1.69 bits per heavy atom. The van der Waals surface area contributed by atoms with Crippen LogP contribution in [0.1, 0.15) is 16.1 Å². The molecular formula is C18H15FN4O3. The van der Waals surface area contributed by atoms with Crippen LogP contribution in [0.25, 0.3) is 10.8 Å². The van der Waals surface area contributed by atoms with Gasteiger partial charge in [-0.3, -0.25) is 25.2 Å². The van der Waals surface area contributed by atoms with Crippen molar-refractivity contribution in [3.63, 3.8) is 0 Å². The van der Waals surface area contributed by atoms with E-state index in [1.807, 2.05) is 0 Å². The number of hydrogen-bond acceptors (Lipinski definition) is 4. The van der Waals surface area contributed by atoms with E-state index in [2.05, 4.69) is 16.0 Å². The summed E-state index contributed by atoms with van der Waals surface area (Å²) in [6, 6.07) is 12.3. The largest absolute Gasteiger partial charge is 0.275 e. The van der Waals surface area contributed by atoms with Crippen molar-refractivity contribution in [1.29, 1.82) is 0 Å². The Labute approximate surface area is 147 Å². The Morgan fingerprint density at radius 3 is 2.42 bits per heavy atom. The molecule has 132 valence electrons. The lowest BCUT2D eigenvalue weighted by Gasteiger charge is -2.10. The minimum atomic E-state index is -0.800. The molecule has 2 amide bonds. The molecule has 0 radical (unpaired) electrons. The van der Waals surface area contributed by atoms with Crippen LogP contribution in [0.3, 0.4) is 0 Å². The van der Waals surface area contributed by atoms with Crippen molar-refractivity contribution < 1.29 is 14.0 Å². The molecule has 7 nitrogen and oxygen atoms in total. The fourth-order valence-electron chi connectivity index (χ4n) is 2.53. The van der Waals surface area contributed by atoms with Crippen molar-refractivity contribution in [1.82, 2.24) is 20.6 Å². The van der Waals surface area contributed by atoms with Crippen LogP contribution in [-0.2, 0) is 11.3 Å². The van der Waals surface area contributed by atoms with Crippen LogP contribution in [0.4, 0.5) is 4.39 Å². The predicted octanol–water partition coefficient (Wildman–Crippen LogP) is 1.31. The second-order valence-electron chi connectivity index (χ2n) is 5.58. The lowest BCUT2D eigenvalue weighted by molar-refractivity contribution is -0.122. The number of hydrazine groups is 1. The molecule has 2 aromatic carbocycles. The Balaban J connectivity index is 1.72. The lowest BCUT2D eigenvalue weighted by atomic mass is 10.1. The first-order chi connectivity index (χ1) is 12.5. The Kier molecular flexibility index (Phi) is 4.74. The first kappa shape index (κ1) is 17.3. The van der Waals surface area contributed by atoms with E-state index in [4.69, 9.17) is 0 Å². The summed E-state index contributed by atoms with van der Waals surface area (Å²) in [5.74, 6) is -2.17. The van der Waals surface area contributed by atoms with Gasteiger partial charge in [0.05, 0.1) is 16.6 Å². The molecule has 0 aliphatic heterocycles. The van der Waals surface area contributed by atoms with Gasteiger partial charge in [-0.1, -0.05) is 30.3 Å². The maximum absolute atomic E-state index is 13.5. The number of nitrogens with zero attached hydrogens (tertiary/aromatic N) is 2. The van der Waals surface area contributed by atoms with Gasteiger partial charge < -0.3 is 0 Å². The Morgan fingerprint density at radius 1 is 1.04 bits per heavy atom. The third-order valence-corrected chi connectivity index (χ3v) is 3.78. The molecule has 8 heteroatoms. The minimum absolute atomic E-state index is 0.204. The fourth-order valence-corrected chi connectivity index (χ4v) is 2.53. The van der Waals surface area contributed by atoms with Crippen LogP contribution >= 0.6 is 0 Å². The normalized spacial score (nSPS) is 10.5. The molecule has 1 heterocycles. The number of aromatic nitrogens is 2. The van der Waals surface area contributed by atoms with E-state index in [-0.39, 0.29) is 12.1 Å². The molecule has 0 saturated heterocycles. The molecule has 0 bridgehead atoms. The second-order valence-corrected chi connectivity index (χ2v) is 5.58. The van der Waals surface area contributed by atoms with E-state index < -0.39 is 23.2 Å². The molecule has 0 unspecified atom stereocenters. The van der Waals surface area contributed by atoms with E-state index in [0.717, 1.165) is 10.7 Å². The van der Waals surface area contributed by atoms with Crippen LogP contribution in [-0.4, -0.2) is 21.6 Å². The number of amides is 2. The summed E-state index contributed by atoms with van der Waals surface area (Å²) in [5.41, 5.74) is 4.24. The molecule has 0 fully saturated rings. The molecule has 0 saturated carbocycles. The molecule has 3 aromatic rings. The van der Waals surface area contributed by atoms with Crippen molar-refractivity contribution in [2.45, 2.75) is 13.5 Å². The van der Waals surface area contributed by atoms with E-state index in [1.165, 1.54) is 18.2 Å². The molecule has 3 rings (SSSR count). The molecule has 1 aromatic heterocycles. The maximum Gasteiger partial charge on any atom is 0.275 e. The van der Waals surface area contributed by atoms with Crippen LogP contribution in [0, 0.1) is 12.7 Å². The number of fused-ring (bicyclic) bond motifs is 1. The second kappa shape index (κ2) is 7.14. The van der Waals surface area contributed by atoms with Gasteiger partial charge in [0, 0.05) is 5.39 Å². The van der Waals surface area contributed by atoms with Crippen LogP contribution in [0.5, 0.6) is 0 Å². The highest BCUT2D eigenvalue weighted by atomic mass is 19.1. The molecule has 2 N–H and O–H groups in total. The summed E-state index contributed by atoms with van der Waals surface area (Å²) in [6.45, 7) is 1.35. The summed E-state index contributed by atoms with van der Waals surface area (Å²) in [4.78, 5) is 36.3. The average Bonchev–Trinajstić information content (AvgIpc) is 2.64. The zero-order valence-corrected chi connectivity index (χ0v) is 13.8. The molecule has 0 atom stereocenters. The smallest absolute Gasteiger partial charge is 0.271 e. The molecule has 26 heavy (non-hydrogen) atoms. The number of carbonyl (C=O) groups is 2. The van der Waals surface area contributed by atoms with Gasteiger partial charge in [0.15, 0.2) is 0 Å². The molecule has 0 aliphatic carbocycles. The topological polar surface area (TPSA) is 93.1 Å². The van der Waals surface area contributed by atoms with Crippen molar-refractivity contribution >= 4 is 22.6 Å². The fraction of sp³-hybridized carbons (Fsp3) is 0.111. The van der Waals surface area contributed by atoms with E-state index in [0.29, 0.717) is 16.5 Å². The van der Waals surface area contributed by atoms with Crippen molar-refractivity contribution in [2.24, 2.45) is 0 Å². The summed E-state index contributed by atoms with van der Waals surface area (Å²) < 4.78 is 14.5. The summed E-state index contributed by atoms with van der Waals surface area (Å²) in [7, 11) is 0. The monoisotopic (exact) mass is 354 g/mol. The number of hydrogen-bond donors (Lipinski definition) is 2. The highest BCUT2D eigenvalue weighted by Gasteiger charge is 2.13. The zero-order chi connectivity index (χ0) is 18.7. The minimum Gasteiger partial charge on any atom is -0.271 e. The first-order valence-corrected chi connectivity index (χ1v) is 7.77. The van der Waals surface area contributed by atoms with Gasteiger partial charge in [0.1, 0.15) is 12.4 Å². The highest BCUT2D eigenvalue weighted by Crippen LogP contribution is 2.11. The predicted molar refractivity (Wildman–Crippen MR) is 92.7 cm³/mol. The van der Waals surface area contributed by atoms with Crippen LogP contribution in [0.15, 0.2) is 53.3 Å². The van der Waals surface area contributed by atoms with E-state index in [9.17, 15) is 18.8 Å². The van der Waals surface area contributed by atoms with Crippen molar-refractivity contribution in [3.05, 3.63) is 76.0 Å². The number of carbonyl (C=O) groups excluding carboxylic acids is 2. The lowest BCUT2D eigenvalue weighted by Crippen LogP contribution is -2.44. The number of halogens is 1. The SMILES string of the molecule is Cc1nn(CC(=O)NNC(=O)c2ccccc2F)c(=O)c2ccccc12. The Bertz CT molecular complexity index is 1060. The van der Waals surface area contributed by atoms with Gasteiger partial charge in [0.25, 0.3) is 17.4 Å². The maximum atomic E-state index is 13.5. The number of aryl methyl sites for hydroxylation is 1. The van der Waals surface area contributed by atoms with Gasteiger partial charge in [-0.05, 0) is 25.1 Å². The van der Waals surface area contributed by atoms with Gasteiger partial charge >= 0.3 is 0 Å². The number of benzene rings is 2. The van der Waals surface area contributed by atoms with Crippen LogP contribution < -0.4 is 16.4 Å². The van der Waals surface area contributed by atoms with Gasteiger partial charge in [-0.2, -0.15) is 5.10 Å². The van der Waals surface area contributed by atoms with Gasteiger partial charge in [-0.25, -0.2) is 9.07 Å². The number of rotatable bonds is 3. The summed E-state index contributed by atoms with van der Waals surface area (Å²) in [5, 5.41) is 5.27. The van der Waals surface area contributed by atoms with Gasteiger partial charge in [-0.15, -0.1) is 0 Å². The molecule has 0 spiro atoms. The Hall–Kier alpha value is -3.55. The highest BCUT2D eigenvalue weighted by molar-refractivity contribution is 5.95. The summed E-state index contributed by atoms with van der Waals surface area (Å²) in [6.07, 6.45) is 0. The van der Waals surface area contributed by atoms with E-state index >= 15 is 0 Å². The molecular weight excluding hydrogens is 339 g/mol. The third kappa shape index (κ3) is 3.44. The average molecular weight is 354 g/mol. The van der Waals surface area contributed by atoms with Gasteiger partial charge in [0.2, 0.25) is 0 Å².